The normalized spacial score (nSPS) is 11.4. The minimum Gasteiger partial charge on any atom is -0.494 e. The molecule has 18 heavy (non-hydrogen) atoms. The number of halogens is 1. The summed E-state index contributed by atoms with van der Waals surface area (Å²) in [6, 6.07) is 4.00. The summed E-state index contributed by atoms with van der Waals surface area (Å²) in [5, 5.41) is 2.76. The van der Waals surface area contributed by atoms with Crippen molar-refractivity contribution in [2.24, 2.45) is 0 Å². The largest absolute Gasteiger partial charge is 0.494 e. The van der Waals surface area contributed by atoms with Crippen molar-refractivity contribution in [3.05, 3.63) is 29.6 Å². The van der Waals surface area contributed by atoms with E-state index < -0.39 is 5.82 Å². The molecule has 0 radical (unpaired) electrons. The van der Waals surface area contributed by atoms with Crippen molar-refractivity contribution < 1.29 is 13.9 Å². The lowest BCUT2D eigenvalue weighted by Gasteiger charge is -2.14. The quantitative estimate of drug-likeness (QED) is 0.813. The topological polar surface area (TPSA) is 38.3 Å². The summed E-state index contributed by atoms with van der Waals surface area (Å²) in [4.78, 5) is 11.9. The minimum absolute atomic E-state index is 0.0901. The third-order valence-corrected chi connectivity index (χ3v) is 2.61. The van der Waals surface area contributed by atoms with E-state index in [1.165, 1.54) is 19.2 Å². The van der Waals surface area contributed by atoms with Gasteiger partial charge in [-0.25, -0.2) is 4.39 Å². The van der Waals surface area contributed by atoms with E-state index in [2.05, 4.69) is 11.2 Å². The highest BCUT2D eigenvalue weighted by Gasteiger charge is 2.13. The summed E-state index contributed by atoms with van der Waals surface area (Å²) in [5.74, 6) is 1.71. The van der Waals surface area contributed by atoms with Gasteiger partial charge in [0.2, 0.25) is 0 Å². The minimum atomic E-state index is -0.560. The van der Waals surface area contributed by atoms with Crippen LogP contribution in [0, 0.1) is 18.2 Å². The average Bonchev–Trinajstić information content (AvgIpc) is 2.37. The van der Waals surface area contributed by atoms with E-state index in [0.29, 0.717) is 6.42 Å². The van der Waals surface area contributed by atoms with E-state index in [9.17, 15) is 9.18 Å². The number of methoxy groups -OCH3 is 1. The molecule has 96 valence electrons. The van der Waals surface area contributed by atoms with E-state index >= 15 is 0 Å². The molecule has 4 heteroatoms. The van der Waals surface area contributed by atoms with Gasteiger partial charge < -0.3 is 10.1 Å². The average molecular weight is 249 g/mol. The van der Waals surface area contributed by atoms with Crippen molar-refractivity contribution in [1.29, 1.82) is 0 Å². The predicted molar refractivity (Wildman–Crippen MR) is 67.9 cm³/mol. The van der Waals surface area contributed by atoms with Gasteiger partial charge in [-0.05, 0) is 24.6 Å². The third kappa shape index (κ3) is 3.49. The Labute approximate surface area is 106 Å². The fourth-order valence-corrected chi connectivity index (χ4v) is 1.52. The fraction of sp³-hybridized carbons (Fsp3) is 0.357. The first-order valence-electron chi connectivity index (χ1n) is 5.70. The first-order valence-corrected chi connectivity index (χ1v) is 5.70. The van der Waals surface area contributed by atoms with Crippen molar-refractivity contribution in [1.82, 2.24) is 5.32 Å². The lowest BCUT2D eigenvalue weighted by molar-refractivity contribution is 0.0936. The maximum atomic E-state index is 13.4. The van der Waals surface area contributed by atoms with Gasteiger partial charge in [-0.15, -0.1) is 12.3 Å². The number of carbonyl (C=O) groups is 1. The molecule has 1 amide bonds. The standard InChI is InChI=1S/C14H16FNO2/c1-4-6-11(5-2)16-14(17)10-7-8-13(18-3)12(15)9-10/h1,7-9,11H,5-6H2,2-3H3,(H,16,17). The molecule has 0 heterocycles. The Kier molecular flexibility index (Phi) is 5.19. The Balaban J connectivity index is 2.78. The fourth-order valence-electron chi connectivity index (χ4n) is 1.52. The molecule has 1 aromatic carbocycles. The van der Waals surface area contributed by atoms with Gasteiger partial charge in [-0.1, -0.05) is 6.92 Å². The van der Waals surface area contributed by atoms with E-state index in [0.717, 1.165) is 12.5 Å². The van der Waals surface area contributed by atoms with Gasteiger partial charge in [0.05, 0.1) is 7.11 Å². The number of hydrogen-bond donors (Lipinski definition) is 1. The first-order chi connectivity index (χ1) is 8.62. The highest BCUT2D eigenvalue weighted by Crippen LogP contribution is 2.17. The second-order valence-corrected chi connectivity index (χ2v) is 3.84. The number of benzene rings is 1. The Morgan fingerprint density at radius 3 is 2.83 bits per heavy atom. The maximum absolute atomic E-state index is 13.4. The van der Waals surface area contributed by atoms with Gasteiger partial charge in [0, 0.05) is 18.0 Å². The van der Waals surface area contributed by atoms with Crippen LogP contribution in [-0.4, -0.2) is 19.1 Å². The number of carbonyl (C=O) groups excluding carboxylic acids is 1. The first kappa shape index (κ1) is 14.0. The van der Waals surface area contributed by atoms with Crippen LogP contribution in [0.4, 0.5) is 4.39 Å². The van der Waals surface area contributed by atoms with Crippen molar-refractivity contribution in [3.63, 3.8) is 0 Å². The zero-order valence-electron chi connectivity index (χ0n) is 10.5. The van der Waals surface area contributed by atoms with E-state index in [-0.39, 0.29) is 23.3 Å². The molecule has 0 fully saturated rings. The molecule has 1 N–H and O–H groups in total. The highest BCUT2D eigenvalue weighted by atomic mass is 19.1. The molecule has 0 aliphatic carbocycles. The number of nitrogens with one attached hydrogen (secondary N) is 1. The van der Waals surface area contributed by atoms with Crippen LogP contribution in [0.2, 0.25) is 0 Å². The van der Waals surface area contributed by atoms with Crippen LogP contribution in [0.5, 0.6) is 5.75 Å². The van der Waals surface area contributed by atoms with Crippen LogP contribution in [0.3, 0.4) is 0 Å². The van der Waals surface area contributed by atoms with Gasteiger partial charge in [-0.3, -0.25) is 4.79 Å². The van der Waals surface area contributed by atoms with Gasteiger partial charge in [0.15, 0.2) is 11.6 Å². The van der Waals surface area contributed by atoms with Crippen LogP contribution in [0.1, 0.15) is 30.1 Å². The van der Waals surface area contributed by atoms with Crippen molar-refractivity contribution in [3.8, 4) is 18.1 Å². The summed E-state index contributed by atoms with van der Waals surface area (Å²) < 4.78 is 18.2. The summed E-state index contributed by atoms with van der Waals surface area (Å²) in [7, 11) is 1.37. The van der Waals surface area contributed by atoms with Crippen LogP contribution in [0.25, 0.3) is 0 Å². The second-order valence-electron chi connectivity index (χ2n) is 3.84. The number of rotatable bonds is 5. The maximum Gasteiger partial charge on any atom is 0.251 e. The number of terminal acetylenes is 1. The van der Waals surface area contributed by atoms with Crippen molar-refractivity contribution in [2.75, 3.05) is 7.11 Å². The molecule has 0 aliphatic heterocycles. The molecule has 0 aromatic heterocycles. The molecule has 0 saturated carbocycles. The van der Waals surface area contributed by atoms with Gasteiger partial charge >= 0.3 is 0 Å². The molecule has 3 nitrogen and oxygen atoms in total. The van der Waals surface area contributed by atoms with E-state index in [4.69, 9.17) is 11.2 Å². The van der Waals surface area contributed by atoms with E-state index in [1.54, 1.807) is 0 Å². The van der Waals surface area contributed by atoms with Crippen LogP contribution in [-0.2, 0) is 0 Å². The van der Waals surface area contributed by atoms with Crippen LogP contribution < -0.4 is 10.1 Å². The van der Waals surface area contributed by atoms with Crippen molar-refractivity contribution in [2.45, 2.75) is 25.8 Å². The predicted octanol–water partition coefficient (Wildman–Crippen LogP) is 2.37. The summed E-state index contributed by atoms with van der Waals surface area (Å²) in [6.45, 7) is 1.93. The zero-order valence-corrected chi connectivity index (χ0v) is 10.5. The van der Waals surface area contributed by atoms with E-state index in [1.807, 2.05) is 6.92 Å². The molecule has 1 rings (SSSR count). The van der Waals surface area contributed by atoms with Crippen molar-refractivity contribution >= 4 is 5.91 Å². The highest BCUT2D eigenvalue weighted by molar-refractivity contribution is 5.94. The van der Waals surface area contributed by atoms with Gasteiger partial charge in [-0.2, -0.15) is 0 Å². The molecular weight excluding hydrogens is 233 g/mol. The summed E-state index contributed by atoms with van der Waals surface area (Å²) in [6.07, 6.45) is 6.39. The zero-order chi connectivity index (χ0) is 13.5. The van der Waals surface area contributed by atoms with Crippen LogP contribution >= 0.6 is 0 Å². The number of amides is 1. The Morgan fingerprint density at radius 2 is 2.33 bits per heavy atom. The Morgan fingerprint density at radius 1 is 1.61 bits per heavy atom. The SMILES string of the molecule is C#CCC(CC)NC(=O)c1ccc(OC)c(F)c1. The summed E-state index contributed by atoms with van der Waals surface area (Å²) in [5.41, 5.74) is 0.253. The monoisotopic (exact) mass is 249 g/mol. The molecular formula is C14H16FNO2. The molecule has 0 aliphatic rings. The molecule has 0 bridgehead atoms. The van der Waals surface area contributed by atoms with Gasteiger partial charge in [0.25, 0.3) is 5.91 Å². The Hall–Kier alpha value is -2.02. The number of hydrogen-bond acceptors (Lipinski definition) is 2. The van der Waals surface area contributed by atoms with Gasteiger partial charge in [0.1, 0.15) is 0 Å². The molecule has 0 spiro atoms. The molecule has 1 aromatic rings. The lowest BCUT2D eigenvalue weighted by Crippen LogP contribution is -2.34. The molecule has 1 atom stereocenters. The smallest absolute Gasteiger partial charge is 0.251 e. The second kappa shape index (κ2) is 6.65. The third-order valence-electron chi connectivity index (χ3n) is 2.61. The number of ether oxygens (including phenoxy) is 1. The molecule has 0 saturated heterocycles. The lowest BCUT2D eigenvalue weighted by atomic mass is 10.1. The summed E-state index contributed by atoms with van der Waals surface area (Å²) >= 11 is 0. The Bertz CT molecular complexity index is 465. The van der Waals surface area contributed by atoms with Crippen LogP contribution in [0.15, 0.2) is 18.2 Å². The molecule has 1 unspecified atom stereocenters.